The molecule has 2 amide bonds. The Bertz CT molecular complexity index is 1350. The molecule has 8 nitrogen and oxygen atoms in total. The molecule has 10 heteroatoms. The lowest BCUT2D eigenvalue weighted by Crippen LogP contribution is -2.26. The maximum Gasteiger partial charge on any atom is 0.305 e. The van der Waals surface area contributed by atoms with Gasteiger partial charge in [-0.1, -0.05) is 214 Å². The van der Waals surface area contributed by atoms with Crippen LogP contribution in [0.15, 0.2) is 58.3 Å². The summed E-state index contributed by atoms with van der Waals surface area (Å²) < 4.78 is 10.8. The second-order valence-electron chi connectivity index (χ2n) is 16.8. The molecule has 2 N–H and O–H groups in total. The molecule has 0 spiro atoms. The molecule has 2 aromatic carbocycles. The molecule has 0 saturated heterocycles. The van der Waals surface area contributed by atoms with E-state index in [4.69, 9.17) is 9.47 Å². The van der Waals surface area contributed by atoms with Crippen LogP contribution in [0.5, 0.6) is 0 Å². The molecule has 0 aliphatic rings. The molecule has 0 fully saturated rings. The Kier molecular flexibility index (Phi) is 35.2. The van der Waals surface area contributed by atoms with Crippen molar-refractivity contribution in [3.05, 3.63) is 59.7 Å². The Balaban J connectivity index is 1.55. The second-order valence-corrected chi connectivity index (χ2v) is 19.0. The topological polar surface area (TPSA) is 111 Å². The average molecular weight is 897 g/mol. The molecule has 0 heterocycles. The number of hydrogen-bond donors (Lipinski definition) is 2. The first-order valence-corrected chi connectivity index (χ1v) is 27.0. The largest absolute Gasteiger partial charge is 0.466 e. The van der Waals surface area contributed by atoms with E-state index in [-0.39, 0.29) is 37.0 Å². The van der Waals surface area contributed by atoms with Gasteiger partial charge in [0.15, 0.2) is 0 Å². The van der Waals surface area contributed by atoms with E-state index in [1.54, 1.807) is 12.1 Å². The zero-order valence-corrected chi connectivity index (χ0v) is 40.6. The number of hydrogen-bond acceptors (Lipinski definition) is 8. The number of carbonyl (C=O) groups excluding carboxylic acids is 4. The minimum atomic E-state index is -0.192. The Morgan fingerprint density at radius 3 is 1.02 bits per heavy atom. The van der Waals surface area contributed by atoms with Crippen LogP contribution in [0, 0.1) is 0 Å². The number of benzene rings is 2. The van der Waals surface area contributed by atoms with Gasteiger partial charge in [-0.25, -0.2) is 0 Å². The van der Waals surface area contributed by atoms with Crippen LogP contribution in [0.1, 0.15) is 227 Å². The van der Waals surface area contributed by atoms with Crippen molar-refractivity contribution in [3.8, 4) is 0 Å². The van der Waals surface area contributed by atoms with Crippen molar-refractivity contribution in [2.75, 3.05) is 26.3 Å². The molecule has 62 heavy (non-hydrogen) atoms. The second kappa shape index (κ2) is 39.6. The van der Waals surface area contributed by atoms with Gasteiger partial charge in [-0.2, -0.15) is 0 Å². The molecule has 350 valence electrons. The lowest BCUT2D eigenvalue weighted by Gasteiger charge is -2.12. The summed E-state index contributed by atoms with van der Waals surface area (Å²) in [4.78, 5) is 52.2. The fraction of sp³-hybridized carbons (Fsp3) is 0.692. The fourth-order valence-corrected chi connectivity index (χ4v) is 9.73. The molecule has 0 saturated carbocycles. The zero-order chi connectivity index (χ0) is 44.6. The maximum atomic E-state index is 13.1. The Morgan fingerprint density at radius 2 is 0.694 bits per heavy atom. The van der Waals surface area contributed by atoms with Gasteiger partial charge >= 0.3 is 11.9 Å². The minimum Gasteiger partial charge on any atom is -0.466 e. The summed E-state index contributed by atoms with van der Waals surface area (Å²) in [5.74, 6) is -0.711. The first kappa shape index (κ1) is 55.2. The van der Waals surface area contributed by atoms with Crippen LogP contribution in [-0.4, -0.2) is 50.1 Å². The van der Waals surface area contributed by atoms with E-state index in [0.29, 0.717) is 49.9 Å². The Hall–Kier alpha value is -2.98. The molecule has 0 bridgehead atoms. The Labute approximate surface area is 385 Å². The molecule has 0 aromatic heterocycles. The van der Waals surface area contributed by atoms with E-state index in [9.17, 15) is 19.2 Å². The summed E-state index contributed by atoms with van der Waals surface area (Å²) in [5.41, 5.74) is 1.10. The highest BCUT2D eigenvalue weighted by atomic mass is 33.1. The third kappa shape index (κ3) is 29.4. The monoisotopic (exact) mass is 897 g/mol. The zero-order valence-electron chi connectivity index (χ0n) is 38.9. The Morgan fingerprint density at radius 1 is 0.403 bits per heavy atom. The van der Waals surface area contributed by atoms with Gasteiger partial charge in [0.2, 0.25) is 0 Å². The van der Waals surface area contributed by atoms with Crippen LogP contribution in [0.3, 0.4) is 0 Å². The normalized spacial score (nSPS) is 11.1. The quantitative estimate of drug-likeness (QED) is 0.0386. The van der Waals surface area contributed by atoms with Gasteiger partial charge in [-0.15, -0.1) is 0 Å². The summed E-state index contributed by atoms with van der Waals surface area (Å²) >= 11 is 0. The molecule has 0 unspecified atom stereocenters. The van der Waals surface area contributed by atoms with Crippen molar-refractivity contribution in [3.63, 3.8) is 0 Å². The number of rotatable bonds is 41. The highest BCUT2D eigenvalue weighted by Gasteiger charge is 2.16. The highest BCUT2D eigenvalue weighted by Crippen LogP contribution is 2.40. The van der Waals surface area contributed by atoms with Crippen molar-refractivity contribution < 1.29 is 28.7 Å². The van der Waals surface area contributed by atoms with E-state index in [1.807, 2.05) is 36.4 Å². The van der Waals surface area contributed by atoms with Crippen molar-refractivity contribution in [1.29, 1.82) is 0 Å². The minimum absolute atomic E-state index is 0.164. The summed E-state index contributed by atoms with van der Waals surface area (Å²) in [6.07, 6.45) is 35.1. The molecular formula is C52H84N2O6S2. The van der Waals surface area contributed by atoms with Gasteiger partial charge in [-0.05, 0) is 49.9 Å². The number of ether oxygens (including phenoxy) is 2. The van der Waals surface area contributed by atoms with E-state index in [1.165, 1.54) is 163 Å². The van der Waals surface area contributed by atoms with Crippen molar-refractivity contribution in [2.45, 2.75) is 216 Å². The summed E-state index contributed by atoms with van der Waals surface area (Å²) in [6.45, 7) is 5.89. The third-order valence-electron chi connectivity index (χ3n) is 11.2. The first-order valence-electron chi connectivity index (χ1n) is 24.9. The molecule has 0 atom stereocenters. The van der Waals surface area contributed by atoms with Crippen molar-refractivity contribution in [1.82, 2.24) is 10.6 Å². The van der Waals surface area contributed by atoms with Crippen LogP contribution in [0.25, 0.3) is 0 Å². The molecule has 0 aliphatic carbocycles. The van der Waals surface area contributed by atoms with Crippen LogP contribution in [-0.2, 0) is 19.1 Å². The van der Waals surface area contributed by atoms with Crippen molar-refractivity contribution in [2.24, 2.45) is 0 Å². The molecule has 0 radical (unpaired) electrons. The van der Waals surface area contributed by atoms with Gasteiger partial charge in [0.05, 0.1) is 24.3 Å². The highest BCUT2D eigenvalue weighted by molar-refractivity contribution is 8.76. The van der Waals surface area contributed by atoms with Crippen LogP contribution < -0.4 is 10.6 Å². The lowest BCUT2D eigenvalue weighted by atomic mass is 10.0. The first-order chi connectivity index (χ1) is 30.5. The van der Waals surface area contributed by atoms with Crippen LogP contribution in [0.4, 0.5) is 0 Å². The molecular weight excluding hydrogens is 813 g/mol. The number of esters is 2. The average Bonchev–Trinajstić information content (AvgIpc) is 3.28. The van der Waals surface area contributed by atoms with Crippen LogP contribution in [0.2, 0.25) is 0 Å². The SMILES string of the molecule is CCCCCCCCCCCCCCCC(=O)OCCCNC(=O)c1ccccc1SSc1ccccc1C(=O)NCCCOC(=O)CCCCCCCCCCCCCCC. The summed E-state index contributed by atoms with van der Waals surface area (Å²) in [6, 6.07) is 14.8. The summed E-state index contributed by atoms with van der Waals surface area (Å²) in [5, 5.41) is 5.92. The van der Waals surface area contributed by atoms with Gasteiger partial charge in [0.1, 0.15) is 0 Å². The molecule has 2 rings (SSSR count). The van der Waals surface area contributed by atoms with Gasteiger partial charge in [-0.3, -0.25) is 19.2 Å². The maximum absolute atomic E-state index is 13.1. The van der Waals surface area contributed by atoms with Gasteiger partial charge in [0.25, 0.3) is 11.8 Å². The van der Waals surface area contributed by atoms with Gasteiger partial charge in [0, 0.05) is 35.7 Å². The smallest absolute Gasteiger partial charge is 0.305 e. The van der Waals surface area contributed by atoms with Crippen molar-refractivity contribution >= 4 is 45.3 Å². The lowest BCUT2D eigenvalue weighted by molar-refractivity contribution is -0.144. The van der Waals surface area contributed by atoms with Crippen LogP contribution >= 0.6 is 21.6 Å². The predicted octanol–water partition coefficient (Wildman–Crippen LogP) is 14.8. The predicted molar refractivity (Wildman–Crippen MR) is 261 cm³/mol. The van der Waals surface area contributed by atoms with Gasteiger partial charge < -0.3 is 20.1 Å². The van der Waals surface area contributed by atoms with E-state index in [2.05, 4.69) is 24.5 Å². The molecule has 2 aromatic rings. The summed E-state index contributed by atoms with van der Waals surface area (Å²) in [7, 11) is 2.86. The number of nitrogens with one attached hydrogen (secondary N) is 2. The number of carbonyl (C=O) groups is 4. The molecule has 0 aliphatic heterocycles. The van der Waals surface area contributed by atoms with E-state index >= 15 is 0 Å². The van der Waals surface area contributed by atoms with E-state index in [0.717, 1.165) is 35.5 Å². The standard InChI is InChI=1S/C52H84N2O6S2/c1-3-5-7-9-11-13-15-17-19-21-23-25-27-39-49(55)59-43-33-41-53-51(57)45-35-29-31-37-47(45)61-62-48-38-32-30-36-46(48)52(58)54-42-34-44-60-50(56)40-28-26-24-22-20-18-16-14-12-10-8-6-4-2/h29-32,35-38H,3-28,33-34,39-44H2,1-2H3,(H,53,57)(H,54,58). The third-order valence-corrected chi connectivity index (χ3v) is 13.7. The number of unbranched alkanes of at least 4 members (excludes halogenated alkanes) is 24. The fourth-order valence-electron chi connectivity index (χ4n) is 7.37. The number of amides is 2. The van der Waals surface area contributed by atoms with E-state index < -0.39 is 0 Å².